The Hall–Kier alpha value is -1.82. The number of carbonyl (C=O) groups excluding carboxylic acids is 1. The van der Waals surface area contributed by atoms with Crippen LogP contribution in [-0.4, -0.2) is 28.8 Å². The zero-order chi connectivity index (χ0) is 15.4. The van der Waals surface area contributed by atoms with Crippen molar-refractivity contribution in [3.05, 3.63) is 47.2 Å². The summed E-state index contributed by atoms with van der Waals surface area (Å²) in [6.07, 6.45) is -2.35. The second-order valence-electron chi connectivity index (χ2n) is 4.66. The number of benzene rings is 1. The van der Waals surface area contributed by atoms with Gasteiger partial charge in [-0.25, -0.2) is 0 Å². The van der Waals surface area contributed by atoms with Crippen LogP contribution >= 0.6 is 11.6 Å². The van der Waals surface area contributed by atoms with Crippen LogP contribution in [0.1, 0.15) is 18.8 Å². The third-order valence-corrected chi connectivity index (χ3v) is 3.22. The van der Waals surface area contributed by atoms with Crippen molar-refractivity contribution in [1.82, 2.24) is 5.32 Å². The molecule has 1 aromatic heterocycles. The van der Waals surface area contributed by atoms with E-state index in [-0.39, 0.29) is 18.2 Å². The van der Waals surface area contributed by atoms with E-state index in [2.05, 4.69) is 5.32 Å². The Morgan fingerprint density at radius 1 is 1.24 bits per heavy atom. The zero-order valence-electron chi connectivity index (χ0n) is 11.4. The van der Waals surface area contributed by atoms with Gasteiger partial charge in [-0.05, 0) is 36.4 Å². The number of hydrogen-bond acceptors (Lipinski definition) is 4. The zero-order valence-corrected chi connectivity index (χ0v) is 12.2. The second-order valence-corrected chi connectivity index (χ2v) is 5.09. The standard InChI is InChI=1S/C15H16ClNO4/c1-9(18)17-8-12(19)15(20)14-7-6-13(21-14)10-2-4-11(16)5-3-10/h2-7,12,15,19-20H,8H2,1H3,(H,17,18). The molecule has 0 saturated heterocycles. The van der Waals surface area contributed by atoms with Crippen molar-refractivity contribution in [3.8, 4) is 11.3 Å². The van der Waals surface area contributed by atoms with Crippen LogP contribution in [0.2, 0.25) is 5.02 Å². The summed E-state index contributed by atoms with van der Waals surface area (Å²) < 4.78 is 5.53. The molecule has 21 heavy (non-hydrogen) atoms. The van der Waals surface area contributed by atoms with Crippen LogP contribution in [0.3, 0.4) is 0 Å². The highest BCUT2D eigenvalue weighted by molar-refractivity contribution is 6.30. The van der Waals surface area contributed by atoms with Crippen molar-refractivity contribution in [2.24, 2.45) is 0 Å². The van der Waals surface area contributed by atoms with Crippen LogP contribution in [0.15, 0.2) is 40.8 Å². The van der Waals surface area contributed by atoms with E-state index < -0.39 is 12.2 Å². The SMILES string of the molecule is CC(=O)NCC(O)C(O)c1ccc(-c2ccc(Cl)cc2)o1. The molecule has 0 saturated carbocycles. The van der Waals surface area contributed by atoms with Gasteiger partial charge in [0, 0.05) is 24.1 Å². The first-order valence-corrected chi connectivity index (χ1v) is 6.81. The average molecular weight is 310 g/mol. The van der Waals surface area contributed by atoms with E-state index in [1.165, 1.54) is 6.92 Å². The van der Waals surface area contributed by atoms with E-state index >= 15 is 0 Å². The molecule has 2 aromatic rings. The van der Waals surface area contributed by atoms with Crippen LogP contribution in [0.5, 0.6) is 0 Å². The first kappa shape index (κ1) is 15.6. The number of hydrogen-bond donors (Lipinski definition) is 3. The van der Waals surface area contributed by atoms with Crippen molar-refractivity contribution in [1.29, 1.82) is 0 Å². The molecule has 0 spiro atoms. The molecule has 2 unspecified atom stereocenters. The number of nitrogens with one attached hydrogen (secondary N) is 1. The molecule has 2 rings (SSSR count). The summed E-state index contributed by atoms with van der Waals surface area (Å²) in [5.41, 5.74) is 0.814. The van der Waals surface area contributed by atoms with E-state index in [0.717, 1.165) is 5.56 Å². The number of rotatable bonds is 5. The molecule has 0 aliphatic heterocycles. The van der Waals surface area contributed by atoms with Gasteiger partial charge in [0.2, 0.25) is 5.91 Å². The largest absolute Gasteiger partial charge is 0.458 e. The quantitative estimate of drug-likeness (QED) is 0.790. The summed E-state index contributed by atoms with van der Waals surface area (Å²) in [5, 5.41) is 22.8. The molecule has 0 aliphatic rings. The summed E-state index contributed by atoms with van der Waals surface area (Å²) in [6, 6.07) is 10.4. The number of furan rings is 1. The first-order valence-electron chi connectivity index (χ1n) is 6.43. The molecule has 0 bridgehead atoms. The van der Waals surface area contributed by atoms with Gasteiger partial charge in [0.05, 0.1) is 0 Å². The van der Waals surface area contributed by atoms with E-state index in [9.17, 15) is 15.0 Å². The molecule has 0 radical (unpaired) electrons. The number of amides is 1. The van der Waals surface area contributed by atoms with E-state index in [4.69, 9.17) is 16.0 Å². The van der Waals surface area contributed by atoms with E-state index in [1.54, 1.807) is 36.4 Å². The van der Waals surface area contributed by atoms with Crippen LogP contribution in [-0.2, 0) is 4.79 Å². The maximum absolute atomic E-state index is 10.8. The Kier molecular flexibility index (Phi) is 5.01. The first-order chi connectivity index (χ1) is 9.97. The minimum atomic E-state index is -1.21. The van der Waals surface area contributed by atoms with Gasteiger partial charge in [-0.1, -0.05) is 11.6 Å². The Morgan fingerprint density at radius 3 is 2.52 bits per heavy atom. The number of aliphatic hydroxyl groups excluding tert-OH is 2. The molecular formula is C15H16ClNO4. The molecule has 5 nitrogen and oxygen atoms in total. The fourth-order valence-corrected chi connectivity index (χ4v) is 1.96. The van der Waals surface area contributed by atoms with Crippen molar-refractivity contribution < 1.29 is 19.4 Å². The highest BCUT2D eigenvalue weighted by Crippen LogP contribution is 2.27. The molecule has 0 fully saturated rings. The van der Waals surface area contributed by atoms with Crippen molar-refractivity contribution >= 4 is 17.5 Å². The molecule has 1 heterocycles. The van der Waals surface area contributed by atoms with Gasteiger partial charge in [-0.2, -0.15) is 0 Å². The lowest BCUT2D eigenvalue weighted by Gasteiger charge is -2.15. The fourth-order valence-electron chi connectivity index (χ4n) is 1.83. The van der Waals surface area contributed by atoms with Crippen LogP contribution in [0, 0.1) is 0 Å². The summed E-state index contributed by atoms with van der Waals surface area (Å²) >= 11 is 5.82. The predicted molar refractivity (Wildman–Crippen MR) is 78.8 cm³/mol. The van der Waals surface area contributed by atoms with E-state index in [0.29, 0.717) is 10.8 Å². The lowest BCUT2D eigenvalue weighted by atomic mass is 10.1. The van der Waals surface area contributed by atoms with Gasteiger partial charge in [-0.3, -0.25) is 4.79 Å². The maximum atomic E-state index is 10.8. The number of halogens is 1. The van der Waals surface area contributed by atoms with Crippen molar-refractivity contribution in [2.45, 2.75) is 19.1 Å². The maximum Gasteiger partial charge on any atom is 0.216 e. The number of carbonyl (C=O) groups is 1. The summed E-state index contributed by atoms with van der Waals surface area (Å²) in [4.78, 5) is 10.8. The lowest BCUT2D eigenvalue weighted by Crippen LogP contribution is -2.34. The Morgan fingerprint density at radius 2 is 1.90 bits per heavy atom. The number of aliphatic hydroxyl groups is 2. The Labute approximate surface area is 127 Å². The molecule has 0 aliphatic carbocycles. The Bertz CT molecular complexity index is 608. The van der Waals surface area contributed by atoms with Crippen LogP contribution in [0.4, 0.5) is 0 Å². The van der Waals surface area contributed by atoms with E-state index in [1.807, 2.05) is 0 Å². The molecule has 3 N–H and O–H groups in total. The van der Waals surface area contributed by atoms with Gasteiger partial charge in [0.1, 0.15) is 23.7 Å². The van der Waals surface area contributed by atoms with Gasteiger partial charge < -0.3 is 19.9 Å². The minimum absolute atomic E-state index is 0.0481. The topological polar surface area (TPSA) is 82.7 Å². The van der Waals surface area contributed by atoms with Crippen molar-refractivity contribution in [2.75, 3.05) is 6.54 Å². The summed E-state index contributed by atoms with van der Waals surface area (Å²) in [5.74, 6) is 0.521. The van der Waals surface area contributed by atoms with Crippen LogP contribution < -0.4 is 5.32 Å². The molecule has 6 heteroatoms. The molecule has 2 atom stereocenters. The summed E-state index contributed by atoms with van der Waals surface area (Å²) in [7, 11) is 0. The fraction of sp³-hybridized carbons (Fsp3) is 0.267. The minimum Gasteiger partial charge on any atom is -0.458 e. The summed E-state index contributed by atoms with van der Waals surface area (Å²) in [6.45, 7) is 1.29. The lowest BCUT2D eigenvalue weighted by molar-refractivity contribution is -0.119. The van der Waals surface area contributed by atoms with Gasteiger partial charge >= 0.3 is 0 Å². The monoisotopic (exact) mass is 309 g/mol. The highest BCUT2D eigenvalue weighted by Gasteiger charge is 2.22. The van der Waals surface area contributed by atoms with Gasteiger partial charge in [0.15, 0.2) is 0 Å². The highest BCUT2D eigenvalue weighted by atomic mass is 35.5. The predicted octanol–water partition coefficient (Wildman–Crippen LogP) is 2.13. The molecular weight excluding hydrogens is 294 g/mol. The van der Waals surface area contributed by atoms with Crippen LogP contribution in [0.25, 0.3) is 11.3 Å². The van der Waals surface area contributed by atoms with Gasteiger partial charge in [0.25, 0.3) is 0 Å². The smallest absolute Gasteiger partial charge is 0.216 e. The molecule has 112 valence electrons. The normalized spacial score (nSPS) is 13.7. The third-order valence-electron chi connectivity index (χ3n) is 2.97. The van der Waals surface area contributed by atoms with Gasteiger partial charge in [-0.15, -0.1) is 0 Å². The van der Waals surface area contributed by atoms with Crippen molar-refractivity contribution in [3.63, 3.8) is 0 Å². The third kappa shape index (κ3) is 4.07. The second kappa shape index (κ2) is 6.76. The molecule has 1 amide bonds. The Balaban J connectivity index is 2.08. The average Bonchev–Trinajstić information content (AvgIpc) is 2.94. The molecule has 1 aromatic carbocycles.